The first kappa shape index (κ1) is 13.6. The molecule has 0 saturated heterocycles. The Morgan fingerprint density at radius 1 is 1.22 bits per heavy atom. The minimum absolute atomic E-state index is 0.210. The van der Waals surface area contributed by atoms with Crippen molar-refractivity contribution in [2.75, 3.05) is 0 Å². The summed E-state index contributed by atoms with van der Waals surface area (Å²) in [6.45, 7) is 7.74. The average molecular weight is 250 g/mol. The summed E-state index contributed by atoms with van der Waals surface area (Å²) < 4.78 is 5.73. The van der Waals surface area contributed by atoms with Gasteiger partial charge in [0, 0.05) is 11.5 Å². The van der Waals surface area contributed by atoms with E-state index in [0.29, 0.717) is 0 Å². The summed E-state index contributed by atoms with van der Waals surface area (Å²) in [5, 5.41) is 0. The smallest absolute Gasteiger partial charge is 0.330 e. The highest BCUT2D eigenvalue weighted by atomic mass is 16.6. The van der Waals surface area contributed by atoms with Crippen molar-refractivity contribution in [1.82, 2.24) is 0 Å². The molecule has 2 aliphatic rings. The van der Waals surface area contributed by atoms with Gasteiger partial charge in [-0.25, -0.2) is 4.79 Å². The summed E-state index contributed by atoms with van der Waals surface area (Å²) in [5.74, 6) is 0.469. The zero-order valence-electron chi connectivity index (χ0n) is 11.8. The Labute approximate surface area is 111 Å². The third-order valence-electron chi connectivity index (χ3n) is 5.35. The van der Waals surface area contributed by atoms with Crippen LogP contribution in [0.25, 0.3) is 0 Å². The fourth-order valence-electron chi connectivity index (χ4n) is 4.38. The van der Waals surface area contributed by atoms with E-state index in [1.807, 2.05) is 0 Å². The molecule has 0 N–H and O–H groups in total. The number of ether oxygens (including phenoxy) is 1. The minimum atomic E-state index is -0.357. The summed E-state index contributed by atoms with van der Waals surface area (Å²) >= 11 is 0. The van der Waals surface area contributed by atoms with Gasteiger partial charge in [-0.15, -0.1) is 0 Å². The van der Waals surface area contributed by atoms with E-state index in [1.54, 1.807) is 0 Å². The predicted octanol–water partition coefficient (Wildman–Crippen LogP) is 4.24. The number of carbonyl (C=O) groups excluding carboxylic acids is 1. The molecular formula is C16H26O2. The van der Waals surface area contributed by atoms with Crippen LogP contribution in [-0.2, 0) is 9.53 Å². The molecule has 2 nitrogen and oxygen atoms in total. The van der Waals surface area contributed by atoms with Crippen LogP contribution in [0.4, 0.5) is 0 Å². The van der Waals surface area contributed by atoms with E-state index in [4.69, 9.17) is 4.74 Å². The lowest BCUT2D eigenvalue weighted by molar-refractivity contribution is -0.182. The Morgan fingerprint density at radius 2 is 1.78 bits per heavy atom. The first-order valence-corrected chi connectivity index (χ1v) is 7.37. The molecule has 0 atom stereocenters. The molecule has 18 heavy (non-hydrogen) atoms. The molecule has 0 amide bonds. The zero-order chi connectivity index (χ0) is 13.2. The van der Waals surface area contributed by atoms with Crippen molar-refractivity contribution < 1.29 is 9.53 Å². The van der Waals surface area contributed by atoms with Crippen LogP contribution in [0.15, 0.2) is 12.7 Å². The number of carbonyl (C=O) groups is 1. The summed E-state index contributed by atoms with van der Waals surface area (Å²) in [7, 11) is 0. The molecule has 0 spiro atoms. The molecule has 0 bridgehead atoms. The van der Waals surface area contributed by atoms with Gasteiger partial charge in [-0.3, -0.25) is 0 Å². The van der Waals surface area contributed by atoms with E-state index >= 15 is 0 Å². The minimum Gasteiger partial charge on any atom is -0.456 e. The molecule has 0 radical (unpaired) electrons. The molecule has 0 unspecified atom stereocenters. The van der Waals surface area contributed by atoms with Crippen LogP contribution in [0.3, 0.4) is 0 Å². The molecule has 0 heterocycles. The zero-order valence-corrected chi connectivity index (χ0v) is 11.8. The monoisotopic (exact) mass is 250 g/mol. The lowest BCUT2D eigenvalue weighted by Gasteiger charge is -2.55. The van der Waals surface area contributed by atoms with Crippen LogP contribution >= 0.6 is 0 Å². The highest BCUT2D eigenvalue weighted by Crippen LogP contribution is 2.57. The third kappa shape index (κ3) is 2.22. The van der Waals surface area contributed by atoms with Gasteiger partial charge in [-0.2, -0.15) is 0 Å². The van der Waals surface area contributed by atoms with Crippen LogP contribution in [-0.4, -0.2) is 11.6 Å². The van der Waals surface area contributed by atoms with Crippen LogP contribution in [0.5, 0.6) is 0 Å². The van der Waals surface area contributed by atoms with Crippen LogP contribution < -0.4 is 0 Å². The third-order valence-corrected chi connectivity index (χ3v) is 5.35. The molecule has 2 aliphatic carbocycles. The molecule has 0 aromatic heterocycles. The van der Waals surface area contributed by atoms with Gasteiger partial charge in [-0.1, -0.05) is 32.3 Å². The van der Waals surface area contributed by atoms with E-state index in [1.165, 1.54) is 57.4 Å². The molecule has 2 heteroatoms. The van der Waals surface area contributed by atoms with Gasteiger partial charge in [0.2, 0.25) is 0 Å². The van der Waals surface area contributed by atoms with Crippen molar-refractivity contribution >= 4 is 5.97 Å². The number of rotatable bonds is 3. The van der Waals surface area contributed by atoms with Crippen molar-refractivity contribution in [2.45, 2.75) is 70.8 Å². The molecule has 0 aromatic carbocycles. The molecule has 0 aliphatic heterocycles. The van der Waals surface area contributed by atoms with E-state index in [9.17, 15) is 4.79 Å². The maximum Gasteiger partial charge on any atom is 0.330 e. The maximum absolute atomic E-state index is 11.6. The average Bonchev–Trinajstić information content (AvgIpc) is 2.38. The van der Waals surface area contributed by atoms with E-state index in [2.05, 4.69) is 20.4 Å². The standard InChI is InChI=1S/C16H26O2/c1-4-14(17)18-15(2,3)16-11-7-5-9-13(16)10-6-8-12-16/h4,13H,1,5-12H2,2-3H3. The normalized spacial score (nSPS) is 32.4. The Bertz CT molecular complexity index is 318. The Kier molecular flexibility index (Phi) is 3.84. The maximum atomic E-state index is 11.6. The number of hydrogen-bond acceptors (Lipinski definition) is 2. The van der Waals surface area contributed by atoms with Gasteiger partial charge in [0.1, 0.15) is 5.60 Å². The summed E-state index contributed by atoms with van der Waals surface area (Å²) in [4.78, 5) is 11.6. The first-order valence-electron chi connectivity index (χ1n) is 7.37. The van der Waals surface area contributed by atoms with E-state index < -0.39 is 0 Å². The Hall–Kier alpha value is -0.790. The van der Waals surface area contributed by atoms with Gasteiger partial charge in [0.15, 0.2) is 0 Å². The van der Waals surface area contributed by atoms with Crippen LogP contribution in [0.1, 0.15) is 65.2 Å². The van der Waals surface area contributed by atoms with Crippen molar-refractivity contribution in [3.05, 3.63) is 12.7 Å². The second-order valence-electron chi connectivity index (χ2n) is 6.48. The molecule has 2 rings (SSSR count). The highest BCUT2D eigenvalue weighted by Gasteiger charge is 2.53. The Morgan fingerprint density at radius 3 is 2.28 bits per heavy atom. The number of hydrogen-bond donors (Lipinski definition) is 0. The number of fused-ring (bicyclic) bond motifs is 1. The second kappa shape index (κ2) is 5.07. The van der Waals surface area contributed by atoms with Crippen molar-refractivity contribution in [3.63, 3.8) is 0 Å². The number of esters is 1. The summed E-state index contributed by atoms with van der Waals surface area (Å²) in [6, 6.07) is 0. The Balaban J connectivity index is 2.24. The van der Waals surface area contributed by atoms with Crippen LogP contribution in [0, 0.1) is 11.3 Å². The fraction of sp³-hybridized carbons (Fsp3) is 0.812. The van der Waals surface area contributed by atoms with Gasteiger partial charge in [0.25, 0.3) is 0 Å². The molecule has 0 aromatic rings. The lowest BCUT2D eigenvalue weighted by Crippen LogP contribution is -2.54. The summed E-state index contributed by atoms with van der Waals surface area (Å²) in [6.07, 6.45) is 11.6. The van der Waals surface area contributed by atoms with Gasteiger partial charge >= 0.3 is 5.97 Å². The van der Waals surface area contributed by atoms with Gasteiger partial charge in [0.05, 0.1) is 0 Å². The quantitative estimate of drug-likeness (QED) is 0.553. The lowest BCUT2D eigenvalue weighted by atomic mass is 9.53. The predicted molar refractivity (Wildman–Crippen MR) is 73.2 cm³/mol. The second-order valence-corrected chi connectivity index (χ2v) is 6.48. The summed E-state index contributed by atoms with van der Waals surface area (Å²) in [5.41, 5.74) is -0.147. The van der Waals surface area contributed by atoms with Gasteiger partial charge in [-0.05, 0) is 45.4 Å². The largest absolute Gasteiger partial charge is 0.456 e. The molecule has 102 valence electrons. The van der Waals surface area contributed by atoms with Crippen LogP contribution in [0.2, 0.25) is 0 Å². The highest BCUT2D eigenvalue weighted by molar-refractivity contribution is 5.81. The first-order chi connectivity index (χ1) is 8.52. The molecule has 2 fully saturated rings. The molecule has 2 saturated carbocycles. The SMILES string of the molecule is C=CC(=O)OC(C)(C)C12CCCCC1CCCC2. The van der Waals surface area contributed by atoms with Crippen molar-refractivity contribution in [2.24, 2.45) is 11.3 Å². The van der Waals surface area contributed by atoms with Crippen molar-refractivity contribution in [1.29, 1.82) is 0 Å². The van der Waals surface area contributed by atoms with E-state index in [0.717, 1.165) is 5.92 Å². The molecular weight excluding hydrogens is 224 g/mol. The topological polar surface area (TPSA) is 26.3 Å². The fourth-order valence-corrected chi connectivity index (χ4v) is 4.38. The van der Waals surface area contributed by atoms with Crippen molar-refractivity contribution in [3.8, 4) is 0 Å². The van der Waals surface area contributed by atoms with E-state index in [-0.39, 0.29) is 17.0 Å². The van der Waals surface area contributed by atoms with Gasteiger partial charge < -0.3 is 4.74 Å².